The second-order valence-electron chi connectivity index (χ2n) is 7.94. The van der Waals surface area contributed by atoms with Gasteiger partial charge in [0.2, 0.25) is 10.0 Å². The van der Waals surface area contributed by atoms with Crippen molar-refractivity contribution in [1.29, 1.82) is 0 Å². The maximum Gasteiger partial charge on any atom is 0.322 e. The molecule has 1 aromatic heterocycles. The number of carbonyl (C=O) groups is 1. The van der Waals surface area contributed by atoms with Gasteiger partial charge in [-0.15, -0.1) is 0 Å². The normalized spacial score (nSPS) is 25.4. The van der Waals surface area contributed by atoms with Gasteiger partial charge in [0, 0.05) is 25.3 Å². The molecule has 0 saturated carbocycles. The van der Waals surface area contributed by atoms with Gasteiger partial charge in [-0.3, -0.25) is 0 Å². The molecular formula is C21H27N3O4S2. The third-order valence-corrected chi connectivity index (χ3v) is 8.12. The largest absolute Gasteiger partial charge is 0.373 e. The lowest BCUT2D eigenvalue weighted by atomic mass is 10.1. The standard InChI is InChI=1S/C21H27N3O4S2/c1-15-12-23(13-16(2)28-15)30(26,27)19-7-5-18(6-8-19)22-21(25)24-10-3-4-20(24)17-9-11-29-14-17/h5-9,11,14-16,20H,3-4,10,12-13H2,1-2H3,(H,22,25). The number of amides is 2. The van der Waals surface area contributed by atoms with E-state index in [1.54, 1.807) is 35.6 Å². The number of sulfonamides is 1. The molecule has 3 unspecified atom stereocenters. The SMILES string of the molecule is CC1CN(S(=O)(=O)c2ccc(NC(=O)N3CCCC3c3ccsc3)cc2)CC(C)O1. The Bertz CT molecular complexity index is 966. The van der Waals surface area contributed by atoms with Crippen molar-refractivity contribution in [2.45, 2.75) is 49.8 Å². The molecule has 162 valence electrons. The number of hydrogen-bond acceptors (Lipinski definition) is 5. The third-order valence-electron chi connectivity index (χ3n) is 5.57. The minimum absolute atomic E-state index is 0.0983. The number of thiophene rings is 1. The monoisotopic (exact) mass is 449 g/mol. The van der Waals surface area contributed by atoms with Crippen LogP contribution in [0.25, 0.3) is 0 Å². The van der Waals surface area contributed by atoms with Crippen molar-refractivity contribution in [3.63, 3.8) is 0 Å². The molecule has 1 N–H and O–H groups in total. The topological polar surface area (TPSA) is 79.0 Å². The van der Waals surface area contributed by atoms with E-state index in [-0.39, 0.29) is 29.2 Å². The van der Waals surface area contributed by atoms with Crippen LogP contribution in [0, 0.1) is 0 Å². The first-order chi connectivity index (χ1) is 14.3. The molecule has 2 aliphatic heterocycles. The second kappa shape index (κ2) is 8.66. The van der Waals surface area contributed by atoms with E-state index in [0.717, 1.165) is 12.8 Å². The number of nitrogens with zero attached hydrogens (tertiary/aromatic N) is 2. The number of nitrogens with one attached hydrogen (secondary N) is 1. The van der Waals surface area contributed by atoms with Crippen molar-refractivity contribution in [3.05, 3.63) is 46.7 Å². The summed E-state index contributed by atoms with van der Waals surface area (Å²) in [6, 6.07) is 8.40. The van der Waals surface area contributed by atoms with Gasteiger partial charge in [0.15, 0.2) is 0 Å². The molecule has 4 rings (SSSR count). The summed E-state index contributed by atoms with van der Waals surface area (Å²) in [5.41, 5.74) is 1.75. The first kappa shape index (κ1) is 21.3. The number of likely N-dealkylation sites (tertiary alicyclic amines) is 1. The van der Waals surface area contributed by atoms with E-state index in [1.807, 2.05) is 24.1 Å². The second-order valence-corrected chi connectivity index (χ2v) is 10.7. The number of ether oxygens (including phenoxy) is 1. The van der Waals surface area contributed by atoms with Crippen molar-refractivity contribution >= 4 is 33.1 Å². The van der Waals surface area contributed by atoms with E-state index in [2.05, 4.69) is 16.8 Å². The van der Waals surface area contributed by atoms with Crippen molar-refractivity contribution < 1.29 is 17.9 Å². The first-order valence-electron chi connectivity index (χ1n) is 10.2. The van der Waals surface area contributed by atoms with Gasteiger partial charge in [-0.2, -0.15) is 15.6 Å². The molecule has 0 aliphatic carbocycles. The number of urea groups is 1. The predicted octanol–water partition coefficient (Wildman–Crippen LogP) is 3.92. The van der Waals surface area contributed by atoms with Crippen molar-refractivity contribution in [2.24, 2.45) is 0 Å². The molecule has 2 saturated heterocycles. The Kier molecular flexibility index (Phi) is 6.15. The van der Waals surface area contributed by atoms with Gasteiger partial charge in [0.1, 0.15) is 0 Å². The van der Waals surface area contributed by atoms with E-state index in [1.165, 1.54) is 9.87 Å². The summed E-state index contributed by atoms with van der Waals surface area (Å²) in [6.45, 7) is 5.14. The molecule has 2 aromatic rings. The molecule has 7 nitrogen and oxygen atoms in total. The third kappa shape index (κ3) is 4.39. The van der Waals surface area contributed by atoms with Crippen LogP contribution < -0.4 is 5.32 Å². The smallest absolute Gasteiger partial charge is 0.322 e. The summed E-state index contributed by atoms with van der Waals surface area (Å²) in [5, 5.41) is 7.02. The fourth-order valence-corrected chi connectivity index (χ4v) is 6.50. The molecule has 30 heavy (non-hydrogen) atoms. The van der Waals surface area contributed by atoms with Gasteiger partial charge in [0.05, 0.1) is 23.1 Å². The molecular weight excluding hydrogens is 422 g/mol. The zero-order valence-corrected chi connectivity index (χ0v) is 18.8. The molecule has 2 aliphatic rings. The fraction of sp³-hybridized carbons (Fsp3) is 0.476. The van der Waals surface area contributed by atoms with Crippen molar-refractivity contribution in [3.8, 4) is 0 Å². The lowest BCUT2D eigenvalue weighted by Gasteiger charge is -2.34. The summed E-state index contributed by atoms with van der Waals surface area (Å²) in [7, 11) is -3.60. The van der Waals surface area contributed by atoms with Crippen LogP contribution in [0.4, 0.5) is 10.5 Å². The van der Waals surface area contributed by atoms with Gasteiger partial charge in [-0.1, -0.05) is 0 Å². The molecule has 9 heteroatoms. The number of anilines is 1. The van der Waals surface area contributed by atoms with Crippen LogP contribution in [-0.4, -0.2) is 55.5 Å². The van der Waals surface area contributed by atoms with E-state index in [4.69, 9.17) is 4.74 Å². The average molecular weight is 450 g/mol. The summed E-state index contributed by atoms with van der Waals surface area (Å²) in [5.74, 6) is 0. The van der Waals surface area contributed by atoms with E-state index in [9.17, 15) is 13.2 Å². The Morgan fingerprint density at radius 3 is 2.47 bits per heavy atom. The van der Waals surface area contributed by atoms with E-state index >= 15 is 0 Å². The molecule has 3 atom stereocenters. The lowest BCUT2D eigenvalue weighted by molar-refractivity contribution is -0.0440. The molecule has 2 fully saturated rings. The Labute approximate surface area is 181 Å². The van der Waals surface area contributed by atoms with Crippen LogP contribution >= 0.6 is 11.3 Å². The van der Waals surface area contributed by atoms with Gasteiger partial charge in [-0.05, 0) is 73.3 Å². The number of carbonyl (C=O) groups excluding carboxylic acids is 1. The van der Waals surface area contributed by atoms with Gasteiger partial charge in [-0.25, -0.2) is 13.2 Å². The number of morpholine rings is 1. The number of benzene rings is 1. The molecule has 0 radical (unpaired) electrons. The molecule has 0 bridgehead atoms. The highest BCUT2D eigenvalue weighted by molar-refractivity contribution is 7.89. The first-order valence-corrected chi connectivity index (χ1v) is 12.6. The van der Waals surface area contributed by atoms with Gasteiger partial charge < -0.3 is 15.0 Å². The summed E-state index contributed by atoms with van der Waals surface area (Å²) < 4.78 is 33.0. The van der Waals surface area contributed by atoms with Crippen molar-refractivity contribution in [1.82, 2.24) is 9.21 Å². The fourth-order valence-electron chi connectivity index (χ4n) is 4.20. The van der Waals surface area contributed by atoms with Gasteiger partial charge in [0.25, 0.3) is 0 Å². The summed E-state index contributed by atoms with van der Waals surface area (Å²) >= 11 is 1.63. The molecule has 1 aromatic carbocycles. The summed E-state index contributed by atoms with van der Waals surface area (Å²) in [6.07, 6.45) is 1.65. The number of rotatable bonds is 4. The number of hydrogen-bond donors (Lipinski definition) is 1. The summed E-state index contributed by atoms with van der Waals surface area (Å²) in [4.78, 5) is 14.9. The zero-order valence-electron chi connectivity index (χ0n) is 17.2. The maximum absolute atomic E-state index is 13.0. The Hall–Kier alpha value is -1.94. The predicted molar refractivity (Wildman–Crippen MR) is 117 cm³/mol. The highest BCUT2D eigenvalue weighted by Crippen LogP contribution is 2.33. The highest BCUT2D eigenvalue weighted by Gasteiger charge is 2.33. The molecule has 0 spiro atoms. The Morgan fingerprint density at radius 2 is 1.83 bits per heavy atom. The van der Waals surface area contributed by atoms with Gasteiger partial charge >= 0.3 is 6.03 Å². The van der Waals surface area contributed by atoms with Crippen LogP contribution in [0.1, 0.15) is 38.3 Å². The minimum Gasteiger partial charge on any atom is -0.373 e. The Balaban J connectivity index is 1.44. The zero-order chi connectivity index (χ0) is 21.3. The van der Waals surface area contributed by atoms with Crippen LogP contribution in [0.5, 0.6) is 0 Å². The van der Waals surface area contributed by atoms with Crippen LogP contribution in [-0.2, 0) is 14.8 Å². The average Bonchev–Trinajstić information content (AvgIpc) is 3.39. The van der Waals surface area contributed by atoms with Crippen LogP contribution in [0.2, 0.25) is 0 Å². The van der Waals surface area contributed by atoms with Crippen LogP contribution in [0.3, 0.4) is 0 Å². The van der Waals surface area contributed by atoms with Crippen LogP contribution in [0.15, 0.2) is 46.0 Å². The minimum atomic E-state index is -3.60. The maximum atomic E-state index is 13.0. The highest BCUT2D eigenvalue weighted by atomic mass is 32.2. The van der Waals surface area contributed by atoms with E-state index in [0.29, 0.717) is 25.3 Å². The van der Waals surface area contributed by atoms with E-state index < -0.39 is 10.0 Å². The van der Waals surface area contributed by atoms with Crippen molar-refractivity contribution in [2.75, 3.05) is 25.0 Å². The Morgan fingerprint density at radius 1 is 1.13 bits per heavy atom. The molecule has 2 amide bonds. The quantitative estimate of drug-likeness (QED) is 0.767. The lowest BCUT2D eigenvalue weighted by Crippen LogP contribution is -2.48. The molecule has 3 heterocycles.